The highest BCUT2D eigenvalue weighted by Gasteiger charge is 2.57. The molecule has 0 spiro atoms. The first-order valence-electron chi connectivity index (χ1n) is 4.73. The van der Waals surface area contributed by atoms with Crippen molar-refractivity contribution >= 4 is 5.97 Å². The van der Waals surface area contributed by atoms with Gasteiger partial charge in [0.05, 0.1) is 0 Å². The van der Waals surface area contributed by atoms with Crippen LogP contribution in [-0.4, -0.2) is 18.1 Å². The van der Waals surface area contributed by atoms with Crippen molar-refractivity contribution in [1.82, 2.24) is 0 Å². The Balaban J connectivity index is 1.95. The number of carbonyl (C=O) groups is 1. The molecule has 0 radical (unpaired) electrons. The molecule has 2 saturated carbocycles. The Morgan fingerprint density at radius 1 is 1.33 bits per heavy atom. The maximum Gasteiger partial charge on any atom is 0.323 e. The molecular weight excluding hydrogens is 154 g/mol. The van der Waals surface area contributed by atoms with Crippen molar-refractivity contribution in [3.8, 4) is 0 Å². The van der Waals surface area contributed by atoms with Crippen LogP contribution in [0.3, 0.4) is 0 Å². The average molecular weight is 167 g/mol. The van der Waals surface area contributed by atoms with Crippen LogP contribution in [0.2, 0.25) is 0 Å². The van der Waals surface area contributed by atoms with E-state index in [1.54, 1.807) is 0 Å². The van der Waals surface area contributed by atoms with Crippen LogP contribution >= 0.6 is 0 Å². The van der Waals surface area contributed by atoms with Crippen LogP contribution in [0.15, 0.2) is 0 Å². The van der Waals surface area contributed by atoms with E-state index in [4.69, 9.17) is 10.5 Å². The second kappa shape index (κ2) is 2.02. The fraction of sp³-hybridized carbons (Fsp3) is 0.889. The molecule has 0 unspecified atom stereocenters. The molecule has 12 heavy (non-hydrogen) atoms. The van der Waals surface area contributed by atoms with Crippen LogP contribution in [0, 0.1) is 17.8 Å². The predicted octanol–water partition coefficient (Wildman–Crippen LogP) is 0.285. The van der Waals surface area contributed by atoms with Crippen LogP contribution in [0.25, 0.3) is 0 Å². The molecule has 0 aromatic carbocycles. The van der Waals surface area contributed by atoms with Gasteiger partial charge in [0.15, 0.2) is 0 Å². The fourth-order valence-electron chi connectivity index (χ4n) is 3.33. The minimum atomic E-state index is -0.315. The van der Waals surface area contributed by atoms with Gasteiger partial charge in [0.2, 0.25) is 0 Å². The number of fused-ring (bicyclic) bond motifs is 5. The number of rotatable bonds is 0. The molecule has 3 aliphatic rings. The van der Waals surface area contributed by atoms with E-state index in [-0.39, 0.29) is 18.1 Å². The third-order valence-corrected chi connectivity index (χ3v) is 3.84. The van der Waals surface area contributed by atoms with Crippen molar-refractivity contribution in [3.63, 3.8) is 0 Å². The van der Waals surface area contributed by atoms with Gasteiger partial charge in [-0.3, -0.25) is 4.79 Å². The summed E-state index contributed by atoms with van der Waals surface area (Å²) in [6.45, 7) is 0. The minimum absolute atomic E-state index is 0.165. The Morgan fingerprint density at radius 3 is 2.83 bits per heavy atom. The molecule has 66 valence electrons. The molecule has 1 aliphatic heterocycles. The SMILES string of the molecule is N[C@@H]1C(=O)O[C@@H]2[C@@H]3CC[C@@H](C3)[C@@H]21. The van der Waals surface area contributed by atoms with Gasteiger partial charge in [0.25, 0.3) is 0 Å². The summed E-state index contributed by atoms with van der Waals surface area (Å²) in [5.41, 5.74) is 5.78. The first-order chi connectivity index (χ1) is 5.77. The third kappa shape index (κ3) is 0.637. The minimum Gasteiger partial charge on any atom is -0.461 e. The van der Waals surface area contributed by atoms with Gasteiger partial charge in [-0.25, -0.2) is 0 Å². The summed E-state index contributed by atoms with van der Waals surface area (Å²) in [7, 11) is 0. The second-order valence-electron chi connectivity index (χ2n) is 4.34. The monoisotopic (exact) mass is 167 g/mol. The highest BCUT2D eigenvalue weighted by atomic mass is 16.6. The largest absolute Gasteiger partial charge is 0.461 e. The fourth-order valence-corrected chi connectivity index (χ4v) is 3.33. The molecular formula is C9H13NO2. The Hall–Kier alpha value is -0.570. The maximum absolute atomic E-state index is 11.2. The normalized spacial score (nSPS) is 55.8. The van der Waals surface area contributed by atoms with Crippen LogP contribution in [0.4, 0.5) is 0 Å². The molecule has 2 aliphatic carbocycles. The summed E-state index contributed by atoms with van der Waals surface area (Å²) >= 11 is 0. The maximum atomic E-state index is 11.2. The standard InChI is InChI=1S/C9H13NO2/c10-7-6-4-1-2-5(3-4)8(6)12-9(7)11/h4-8H,1-3,10H2/t4-,5+,6+,7-,8+/m0/s1. The zero-order chi connectivity index (χ0) is 8.29. The van der Waals surface area contributed by atoms with Crippen LogP contribution in [0.1, 0.15) is 19.3 Å². The summed E-state index contributed by atoms with van der Waals surface area (Å²) in [5.74, 6) is 1.51. The van der Waals surface area contributed by atoms with E-state index in [1.807, 2.05) is 0 Å². The third-order valence-electron chi connectivity index (χ3n) is 3.84. The van der Waals surface area contributed by atoms with E-state index in [9.17, 15) is 4.79 Å². The summed E-state index contributed by atoms with van der Waals surface area (Å²) in [6, 6.07) is -0.315. The molecule has 5 atom stereocenters. The van der Waals surface area contributed by atoms with Crippen molar-refractivity contribution in [2.45, 2.75) is 31.4 Å². The molecule has 3 rings (SSSR count). The number of nitrogens with two attached hydrogens (primary N) is 1. The van der Waals surface area contributed by atoms with Gasteiger partial charge in [-0.1, -0.05) is 0 Å². The van der Waals surface area contributed by atoms with Crippen LogP contribution in [-0.2, 0) is 9.53 Å². The molecule has 2 bridgehead atoms. The highest BCUT2D eigenvalue weighted by molar-refractivity contribution is 5.78. The quantitative estimate of drug-likeness (QED) is 0.527. The smallest absolute Gasteiger partial charge is 0.323 e. The van der Waals surface area contributed by atoms with Crippen molar-refractivity contribution < 1.29 is 9.53 Å². The molecule has 2 N–H and O–H groups in total. The molecule has 3 heteroatoms. The van der Waals surface area contributed by atoms with Gasteiger partial charge in [-0.15, -0.1) is 0 Å². The van der Waals surface area contributed by atoms with E-state index < -0.39 is 0 Å². The van der Waals surface area contributed by atoms with Crippen molar-refractivity contribution in [1.29, 1.82) is 0 Å². The van der Waals surface area contributed by atoms with Crippen LogP contribution < -0.4 is 5.73 Å². The average Bonchev–Trinajstić information content (AvgIpc) is 2.66. The Kier molecular flexibility index (Phi) is 1.16. The molecule has 3 fully saturated rings. The lowest BCUT2D eigenvalue weighted by molar-refractivity contribution is -0.143. The molecule has 0 amide bonds. The second-order valence-corrected chi connectivity index (χ2v) is 4.34. The van der Waals surface area contributed by atoms with E-state index in [0.717, 1.165) is 0 Å². The zero-order valence-electron chi connectivity index (χ0n) is 6.90. The van der Waals surface area contributed by atoms with Crippen molar-refractivity contribution in [2.24, 2.45) is 23.5 Å². The Morgan fingerprint density at radius 2 is 2.08 bits per heavy atom. The van der Waals surface area contributed by atoms with Gasteiger partial charge in [-0.05, 0) is 31.1 Å². The lowest BCUT2D eigenvalue weighted by Gasteiger charge is -2.23. The summed E-state index contributed by atoms with van der Waals surface area (Å²) in [5, 5.41) is 0. The topological polar surface area (TPSA) is 52.3 Å². The first kappa shape index (κ1) is 6.89. The number of esters is 1. The molecule has 1 saturated heterocycles. The summed E-state index contributed by atoms with van der Waals surface area (Å²) < 4.78 is 5.27. The molecule has 1 heterocycles. The number of carbonyl (C=O) groups excluding carboxylic acids is 1. The van der Waals surface area contributed by atoms with Gasteiger partial charge in [-0.2, -0.15) is 0 Å². The van der Waals surface area contributed by atoms with Crippen LogP contribution in [0.5, 0.6) is 0 Å². The number of hydrogen-bond acceptors (Lipinski definition) is 3. The van der Waals surface area contributed by atoms with Gasteiger partial charge in [0, 0.05) is 5.92 Å². The predicted molar refractivity (Wildman–Crippen MR) is 42.2 cm³/mol. The lowest BCUT2D eigenvalue weighted by atomic mass is 9.83. The van der Waals surface area contributed by atoms with E-state index in [0.29, 0.717) is 17.8 Å². The molecule has 0 aromatic heterocycles. The van der Waals surface area contributed by atoms with E-state index in [2.05, 4.69) is 0 Å². The van der Waals surface area contributed by atoms with Crippen molar-refractivity contribution in [3.05, 3.63) is 0 Å². The summed E-state index contributed by atoms with van der Waals surface area (Å²) in [6.07, 6.45) is 3.93. The zero-order valence-corrected chi connectivity index (χ0v) is 6.90. The van der Waals surface area contributed by atoms with Gasteiger partial charge >= 0.3 is 5.97 Å². The summed E-state index contributed by atoms with van der Waals surface area (Å²) in [4.78, 5) is 11.2. The van der Waals surface area contributed by atoms with Crippen molar-refractivity contribution in [2.75, 3.05) is 0 Å². The van der Waals surface area contributed by atoms with E-state index >= 15 is 0 Å². The first-order valence-corrected chi connectivity index (χ1v) is 4.73. The Bertz CT molecular complexity index is 241. The van der Waals surface area contributed by atoms with Gasteiger partial charge in [0.1, 0.15) is 12.1 Å². The Labute approximate surface area is 71.3 Å². The molecule has 3 nitrogen and oxygen atoms in total. The lowest BCUT2D eigenvalue weighted by Crippen LogP contribution is -2.37. The number of hydrogen-bond donors (Lipinski definition) is 1. The molecule has 0 aromatic rings. The number of ether oxygens (including phenoxy) is 1. The van der Waals surface area contributed by atoms with Gasteiger partial charge < -0.3 is 10.5 Å². The van der Waals surface area contributed by atoms with E-state index in [1.165, 1.54) is 19.3 Å². The highest BCUT2D eigenvalue weighted by Crippen LogP contribution is 2.53.